The van der Waals surface area contributed by atoms with Crippen molar-refractivity contribution < 1.29 is 4.79 Å². The lowest BCUT2D eigenvalue weighted by Gasteiger charge is -2.39. The molecule has 0 bridgehead atoms. The fourth-order valence-electron chi connectivity index (χ4n) is 4.30. The summed E-state index contributed by atoms with van der Waals surface area (Å²) in [5.74, 6) is 1.08. The quantitative estimate of drug-likeness (QED) is 0.863. The molecule has 2 aliphatic rings. The van der Waals surface area contributed by atoms with Gasteiger partial charge in [-0.05, 0) is 43.5 Å². The molecule has 5 heteroatoms. The van der Waals surface area contributed by atoms with E-state index in [2.05, 4.69) is 33.8 Å². The monoisotopic (exact) mass is 350 g/mol. The van der Waals surface area contributed by atoms with Gasteiger partial charge in [-0.1, -0.05) is 25.1 Å². The second-order valence-electron chi connectivity index (χ2n) is 7.75. The van der Waals surface area contributed by atoms with Gasteiger partial charge in [0.05, 0.1) is 12.1 Å². The van der Waals surface area contributed by atoms with E-state index in [4.69, 9.17) is 5.41 Å². The van der Waals surface area contributed by atoms with Crippen LogP contribution in [0.2, 0.25) is 0 Å². The molecule has 26 heavy (non-hydrogen) atoms. The summed E-state index contributed by atoms with van der Waals surface area (Å²) < 4.78 is 0. The van der Waals surface area contributed by atoms with Crippen molar-refractivity contribution in [2.45, 2.75) is 25.7 Å². The van der Waals surface area contributed by atoms with Crippen LogP contribution in [-0.4, -0.2) is 59.6 Å². The number of benzene rings is 1. The maximum Gasteiger partial charge on any atom is 0.236 e. The lowest BCUT2D eigenvalue weighted by atomic mass is 9.83. The number of nitrogens with one attached hydrogen (secondary N) is 1. The Morgan fingerprint density at radius 2 is 2.15 bits per heavy atom. The molecule has 2 atom stereocenters. The molecule has 2 aromatic rings. The highest BCUT2D eigenvalue weighted by Gasteiger charge is 2.31. The topological polar surface area (TPSA) is 60.3 Å². The average molecular weight is 350 g/mol. The Hall–Kier alpha value is -2.27. The van der Waals surface area contributed by atoms with Crippen molar-refractivity contribution in [3.8, 4) is 0 Å². The number of likely N-dealkylation sites (tertiary alicyclic amines) is 2. The van der Waals surface area contributed by atoms with E-state index >= 15 is 0 Å². The lowest BCUT2D eigenvalue weighted by molar-refractivity contribution is -0.135. The molecule has 5 nitrogen and oxygen atoms in total. The number of aromatic nitrogens is 1. The number of fused-ring (bicyclic) bond motifs is 1. The molecule has 2 saturated heterocycles. The predicted molar refractivity (Wildman–Crippen MR) is 104 cm³/mol. The minimum absolute atomic E-state index is 0.264. The number of amides is 1. The molecule has 2 fully saturated rings. The Balaban J connectivity index is 1.61. The lowest BCUT2D eigenvalue weighted by Crippen LogP contribution is -2.49. The van der Waals surface area contributed by atoms with Crippen LogP contribution in [0.15, 0.2) is 30.5 Å². The number of carbonyl (C=O) groups is 1. The molecule has 1 amide bonds. The maximum atomic E-state index is 12.7. The van der Waals surface area contributed by atoms with Crippen molar-refractivity contribution in [3.63, 3.8) is 0 Å². The summed E-state index contributed by atoms with van der Waals surface area (Å²) >= 11 is 0. The third-order valence-corrected chi connectivity index (χ3v) is 5.75. The first-order valence-electron chi connectivity index (χ1n) is 9.54. The third kappa shape index (κ3) is 3.23. The molecule has 2 aliphatic heterocycles. The Labute approximate surface area is 154 Å². The van der Waals surface area contributed by atoms with Gasteiger partial charge in [-0.2, -0.15) is 0 Å². The van der Waals surface area contributed by atoms with Crippen molar-refractivity contribution in [1.29, 1.82) is 5.41 Å². The third-order valence-electron chi connectivity index (χ3n) is 5.75. The number of pyridine rings is 1. The molecule has 3 heterocycles. The van der Waals surface area contributed by atoms with Gasteiger partial charge in [0.25, 0.3) is 0 Å². The zero-order chi connectivity index (χ0) is 18.1. The fourth-order valence-corrected chi connectivity index (χ4v) is 4.30. The molecule has 0 radical (unpaired) electrons. The van der Waals surface area contributed by atoms with Gasteiger partial charge in [0.2, 0.25) is 5.91 Å². The van der Waals surface area contributed by atoms with Gasteiger partial charge in [-0.15, -0.1) is 0 Å². The first-order valence-corrected chi connectivity index (χ1v) is 9.54. The van der Waals surface area contributed by atoms with Crippen LogP contribution in [0.25, 0.3) is 10.9 Å². The zero-order valence-corrected chi connectivity index (χ0v) is 15.3. The summed E-state index contributed by atoms with van der Waals surface area (Å²) in [5.41, 5.74) is 2.99. The molecule has 0 saturated carbocycles. The van der Waals surface area contributed by atoms with Crippen LogP contribution in [0.3, 0.4) is 0 Å². The Bertz CT molecular complexity index is 830. The van der Waals surface area contributed by atoms with Gasteiger partial charge in [0.1, 0.15) is 0 Å². The van der Waals surface area contributed by atoms with Crippen molar-refractivity contribution in [2.24, 2.45) is 5.92 Å². The molecule has 1 aromatic carbocycles. The highest BCUT2D eigenvalue weighted by atomic mass is 16.2. The largest absolute Gasteiger partial charge is 0.341 e. The number of rotatable bonds is 4. The highest BCUT2D eigenvalue weighted by Crippen LogP contribution is 2.34. The van der Waals surface area contributed by atoms with Crippen LogP contribution in [0.5, 0.6) is 0 Å². The zero-order valence-electron chi connectivity index (χ0n) is 15.3. The predicted octanol–water partition coefficient (Wildman–Crippen LogP) is 2.89. The van der Waals surface area contributed by atoms with E-state index < -0.39 is 0 Å². The van der Waals surface area contributed by atoms with Crippen LogP contribution in [0.4, 0.5) is 0 Å². The summed E-state index contributed by atoms with van der Waals surface area (Å²) in [4.78, 5) is 21.5. The highest BCUT2D eigenvalue weighted by molar-refractivity contribution is 5.98. The van der Waals surface area contributed by atoms with Crippen LogP contribution >= 0.6 is 0 Å². The molecule has 0 spiro atoms. The molecule has 1 aromatic heterocycles. The van der Waals surface area contributed by atoms with Gasteiger partial charge in [-0.25, -0.2) is 0 Å². The van der Waals surface area contributed by atoms with E-state index in [0.29, 0.717) is 18.4 Å². The summed E-state index contributed by atoms with van der Waals surface area (Å²) in [6.07, 6.45) is 5.45. The smallest absolute Gasteiger partial charge is 0.236 e. The molecular formula is C21H26N4O. The molecule has 1 N–H and O–H groups in total. The van der Waals surface area contributed by atoms with Crippen molar-refractivity contribution in [2.75, 3.05) is 32.7 Å². The average Bonchev–Trinajstić information content (AvgIpc) is 2.63. The summed E-state index contributed by atoms with van der Waals surface area (Å²) in [5, 5.41) is 8.74. The SMILES string of the molecule is C[C@@H]1C[C@H](c2ccc(C=N)c3ncccc23)CN(C(=O)CN2CCC2)C1. The van der Waals surface area contributed by atoms with E-state index in [0.717, 1.165) is 49.1 Å². The van der Waals surface area contributed by atoms with E-state index in [1.807, 2.05) is 12.1 Å². The van der Waals surface area contributed by atoms with Crippen molar-refractivity contribution in [3.05, 3.63) is 41.6 Å². The van der Waals surface area contributed by atoms with Gasteiger partial charge in [0, 0.05) is 42.4 Å². The minimum Gasteiger partial charge on any atom is -0.341 e. The number of carbonyl (C=O) groups excluding carboxylic acids is 1. The number of nitrogens with zero attached hydrogens (tertiary/aromatic N) is 3. The number of hydrogen-bond donors (Lipinski definition) is 1. The Morgan fingerprint density at radius 3 is 2.88 bits per heavy atom. The molecular weight excluding hydrogens is 324 g/mol. The fraction of sp³-hybridized carbons (Fsp3) is 0.476. The summed E-state index contributed by atoms with van der Waals surface area (Å²) in [6, 6.07) is 8.17. The van der Waals surface area contributed by atoms with Crippen LogP contribution in [0.1, 0.15) is 36.8 Å². The summed E-state index contributed by atoms with van der Waals surface area (Å²) in [6.45, 7) is 6.56. The van der Waals surface area contributed by atoms with Gasteiger partial charge in [-0.3, -0.25) is 14.7 Å². The van der Waals surface area contributed by atoms with Crippen molar-refractivity contribution >= 4 is 23.0 Å². The second-order valence-corrected chi connectivity index (χ2v) is 7.75. The molecule has 0 aliphatic carbocycles. The second kappa shape index (κ2) is 7.16. The van der Waals surface area contributed by atoms with E-state index in [-0.39, 0.29) is 5.91 Å². The van der Waals surface area contributed by atoms with Crippen LogP contribution in [0, 0.1) is 11.3 Å². The number of piperidine rings is 1. The Morgan fingerprint density at radius 1 is 1.31 bits per heavy atom. The first kappa shape index (κ1) is 17.2. The first-order chi connectivity index (χ1) is 12.7. The Kier molecular flexibility index (Phi) is 4.72. The normalized spacial score (nSPS) is 23.7. The summed E-state index contributed by atoms with van der Waals surface area (Å²) in [7, 11) is 0. The molecule has 136 valence electrons. The maximum absolute atomic E-state index is 12.7. The van der Waals surface area contributed by atoms with E-state index in [1.54, 1.807) is 6.20 Å². The van der Waals surface area contributed by atoms with Gasteiger partial charge < -0.3 is 10.3 Å². The van der Waals surface area contributed by atoms with Gasteiger partial charge >= 0.3 is 0 Å². The van der Waals surface area contributed by atoms with E-state index in [1.165, 1.54) is 18.2 Å². The molecule has 0 unspecified atom stereocenters. The van der Waals surface area contributed by atoms with E-state index in [9.17, 15) is 4.79 Å². The van der Waals surface area contributed by atoms with Gasteiger partial charge in [0.15, 0.2) is 0 Å². The van der Waals surface area contributed by atoms with Crippen molar-refractivity contribution in [1.82, 2.24) is 14.8 Å². The van der Waals surface area contributed by atoms with Crippen LogP contribution in [-0.2, 0) is 4.79 Å². The standard InChI is InChI=1S/C21H26N4O/c1-15-10-17(13-25(12-15)20(26)14-24-8-3-9-24)18-6-5-16(11-22)21-19(18)4-2-7-23-21/h2,4-7,11,15,17,22H,3,8-10,12-14H2,1H3/t15-,17+/m1/s1. The molecule has 4 rings (SSSR count). The minimum atomic E-state index is 0.264. The number of hydrogen-bond acceptors (Lipinski definition) is 4. The van der Waals surface area contributed by atoms with Crippen LogP contribution < -0.4 is 0 Å².